The Morgan fingerprint density at radius 3 is 2.93 bits per heavy atom. The number of rotatable bonds is 3. The predicted octanol–water partition coefficient (Wildman–Crippen LogP) is 3.49. The van der Waals surface area contributed by atoms with Gasteiger partial charge in [-0.25, -0.2) is 4.52 Å². The summed E-state index contributed by atoms with van der Waals surface area (Å²) in [6, 6.07) is 7.79. The largest absolute Gasteiger partial charge is 0.397 e. The highest BCUT2D eigenvalue weighted by molar-refractivity contribution is 7.21. The molecule has 0 aliphatic heterocycles. The maximum Gasteiger partial charge on any atom is 0.260 e. The Kier molecular flexibility index (Phi) is 3.85. The van der Waals surface area contributed by atoms with E-state index in [0.717, 1.165) is 26.2 Å². The van der Waals surface area contributed by atoms with E-state index in [-0.39, 0.29) is 5.91 Å². The van der Waals surface area contributed by atoms with Crippen molar-refractivity contribution in [3.05, 3.63) is 60.3 Å². The number of carbonyl (C=O) groups is 1. The Bertz CT molecular complexity index is 1390. The van der Waals surface area contributed by atoms with Crippen LogP contribution in [0.1, 0.15) is 16.1 Å². The van der Waals surface area contributed by atoms with Gasteiger partial charge in [-0.05, 0) is 19.1 Å². The van der Waals surface area contributed by atoms with Gasteiger partial charge in [0.05, 0.1) is 51.6 Å². The number of aromatic nitrogens is 5. The molecule has 1 aromatic carbocycles. The summed E-state index contributed by atoms with van der Waals surface area (Å²) >= 11 is 1.52. The molecule has 0 atom stereocenters. The molecule has 0 unspecified atom stereocenters. The Morgan fingerprint density at radius 1 is 1.21 bits per heavy atom. The Morgan fingerprint density at radius 2 is 2.07 bits per heavy atom. The van der Waals surface area contributed by atoms with Gasteiger partial charge in [0.25, 0.3) is 5.91 Å². The zero-order valence-electron chi connectivity index (χ0n) is 15.7. The Hall–Kier alpha value is -3.72. The molecular formula is C20H17N7OS. The van der Waals surface area contributed by atoms with Gasteiger partial charge in [-0.3, -0.25) is 14.5 Å². The van der Waals surface area contributed by atoms with Crippen LogP contribution in [0.25, 0.3) is 26.2 Å². The van der Waals surface area contributed by atoms with Crippen LogP contribution in [0.2, 0.25) is 0 Å². The first-order chi connectivity index (χ1) is 14.0. The number of nitrogens with two attached hydrogens (primary N) is 1. The van der Waals surface area contributed by atoms with Crippen LogP contribution in [0.15, 0.2) is 49.1 Å². The zero-order chi connectivity index (χ0) is 20.1. The Balaban J connectivity index is 1.54. The van der Waals surface area contributed by atoms with Gasteiger partial charge in [0.15, 0.2) is 0 Å². The van der Waals surface area contributed by atoms with E-state index in [2.05, 4.69) is 26.6 Å². The third kappa shape index (κ3) is 2.83. The SMILES string of the molecule is Cc1ncc(N)cc1NC(=O)c1cnn2cc(-c3cccc4c3cnn4C)sc12. The summed E-state index contributed by atoms with van der Waals surface area (Å²) in [6.45, 7) is 1.82. The van der Waals surface area contributed by atoms with E-state index < -0.39 is 0 Å². The average molecular weight is 403 g/mol. The van der Waals surface area contributed by atoms with Gasteiger partial charge in [0, 0.05) is 24.2 Å². The quantitative estimate of drug-likeness (QED) is 0.480. The maximum atomic E-state index is 12.9. The molecule has 8 nitrogen and oxygen atoms in total. The molecule has 0 radical (unpaired) electrons. The summed E-state index contributed by atoms with van der Waals surface area (Å²) < 4.78 is 3.58. The van der Waals surface area contributed by atoms with Gasteiger partial charge < -0.3 is 11.1 Å². The molecule has 9 heteroatoms. The van der Waals surface area contributed by atoms with Gasteiger partial charge >= 0.3 is 0 Å². The number of amides is 1. The lowest BCUT2D eigenvalue weighted by Gasteiger charge is -2.07. The van der Waals surface area contributed by atoms with Gasteiger partial charge in [0.2, 0.25) is 0 Å². The van der Waals surface area contributed by atoms with Gasteiger partial charge in [-0.15, -0.1) is 11.3 Å². The first kappa shape index (κ1) is 17.4. The van der Waals surface area contributed by atoms with E-state index >= 15 is 0 Å². The standard InChI is InChI=1S/C20H17N7OS/c1-11-16(6-12(21)7-22-11)25-19(28)15-9-24-27-10-18(29-20(15)27)13-4-3-5-17-14(13)8-23-26(17)2/h3-10H,21H2,1-2H3,(H,25,28). The first-order valence-corrected chi connectivity index (χ1v) is 9.74. The van der Waals surface area contributed by atoms with E-state index in [0.29, 0.717) is 22.6 Å². The van der Waals surface area contributed by atoms with Crippen molar-refractivity contribution >= 4 is 44.4 Å². The lowest BCUT2D eigenvalue weighted by Crippen LogP contribution is -2.13. The average Bonchev–Trinajstić information content (AvgIpc) is 3.39. The highest BCUT2D eigenvalue weighted by Crippen LogP contribution is 2.35. The summed E-state index contributed by atoms with van der Waals surface area (Å²) in [5.41, 5.74) is 10.2. The molecular weight excluding hydrogens is 386 g/mol. The lowest BCUT2D eigenvalue weighted by molar-refractivity contribution is 0.102. The molecule has 4 heterocycles. The second-order valence-electron chi connectivity index (χ2n) is 6.77. The number of hydrogen-bond acceptors (Lipinski definition) is 6. The van der Waals surface area contributed by atoms with Crippen LogP contribution in [0.5, 0.6) is 0 Å². The van der Waals surface area contributed by atoms with Crippen molar-refractivity contribution in [1.29, 1.82) is 0 Å². The van der Waals surface area contributed by atoms with Crippen LogP contribution in [0, 0.1) is 6.92 Å². The molecule has 0 aliphatic carbocycles. The van der Waals surface area contributed by atoms with Crippen molar-refractivity contribution in [2.75, 3.05) is 11.1 Å². The number of fused-ring (bicyclic) bond motifs is 2. The molecule has 0 bridgehead atoms. The minimum atomic E-state index is -0.247. The molecule has 3 N–H and O–H groups in total. The van der Waals surface area contributed by atoms with Crippen LogP contribution in [-0.4, -0.2) is 30.3 Å². The molecule has 0 aliphatic rings. The van der Waals surface area contributed by atoms with Crippen molar-refractivity contribution in [3.8, 4) is 10.4 Å². The Labute approximate surface area is 169 Å². The van der Waals surface area contributed by atoms with Crippen molar-refractivity contribution in [2.45, 2.75) is 6.92 Å². The monoisotopic (exact) mass is 403 g/mol. The second-order valence-corrected chi connectivity index (χ2v) is 7.80. The number of aryl methyl sites for hydroxylation is 2. The van der Waals surface area contributed by atoms with E-state index in [4.69, 9.17) is 5.73 Å². The molecule has 5 rings (SSSR count). The number of pyridine rings is 1. The van der Waals surface area contributed by atoms with E-state index in [1.54, 1.807) is 23.0 Å². The molecule has 144 valence electrons. The molecule has 4 aromatic heterocycles. The summed E-state index contributed by atoms with van der Waals surface area (Å²) in [6.07, 6.45) is 6.93. The fourth-order valence-electron chi connectivity index (χ4n) is 3.32. The van der Waals surface area contributed by atoms with Gasteiger partial charge in [-0.2, -0.15) is 10.2 Å². The summed E-state index contributed by atoms with van der Waals surface area (Å²) in [4.78, 5) is 18.8. The topological polar surface area (TPSA) is 103 Å². The van der Waals surface area contributed by atoms with Crippen LogP contribution in [0.3, 0.4) is 0 Å². The normalized spacial score (nSPS) is 11.4. The fraction of sp³-hybridized carbons (Fsp3) is 0.100. The third-order valence-corrected chi connectivity index (χ3v) is 6.00. The second kappa shape index (κ2) is 6.42. The first-order valence-electron chi connectivity index (χ1n) is 8.93. The minimum absolute atomic E-state index is 0.247. The van der Waals surface area contributed by atoms with Crippen molar-refractivity contribution in [1.82, 2.24) is 24.4 Å². The summed E-state index contributed by atoms with van der Waals surface area (Å²) in [5, 5.41) is 12.7. The smallest absolute Gasteiger partial charge is 0.260 e. The molecule has 0 spiro atoms. The van der Waals surface area contributed by atoms with Crippen molar-refractivity contribution < 1.29 is 4.79 Å². The highest BCUT2D eigenvalue weighted by atomic mass is 32.1. The van der Waals surface area contributed by atoms with E-state index in [1.165, 1.54) is 11.3 Å². The third-order valence-electron chi connectivity index (χ3n) is 4.85. The minimum Gasteiger partial charge on any atom is -0.397 e. The summed E-state index contributed by atoms with van der Waals surface area (Å²) in [7, 11) is 1.92. The number of nitrogen functional groups attached to an aromatic ring is 1. The van der Waals surface area contributed by atoms with Crippen LogP contribution in [-0.2, 0) is 7.05 Å². The number of nitrogens with zero attached hydrogens (tertiary/aromatic N) is 5. The lowest BCUT2D eigenvalue weighted by atomic mass is 10.1. The fourth-order valence-corrected chi connectivity index (χ4v) is 4.42. The van der Waals surface area contributed by atoms with E-state index in [9.17, 15) is 4.79 Å². The van der Waals surface area contributed by atoms with Crippen LogP contribution < -0.4 is 11.1 Å². The maximum absolute atomic E-state index is 12.9. The molecule has 0 fully saturated rings. The van der Waals surface area contributed by atoms with Crippen molar-refractivity contribution in [2.24, 2.45) is 7.05 Å². The number of hydrogen-bond donors (Lipinski definition) is 2. The van der Waals surface area contributed by atoms with Crippen molar-refractivity contribution in [3.63, 3.8) is 0 Å². The highest BCUT2D eigenvalue weighted by Gasteiger charge is 2.18. The molecule has 1 amide bonds. The van der Waals surface area contributed by atoms with Gasteiger partial charge in [-0.1, -0.05) is 12.1 Å². The van der Waals surface area contributed by atoms with Crippen LogP contribution in [0.4, 0.5) is 11.4 Å². The number of thiazole rings is 1. The number of carbonyl (C=O) groups excluding carboxylic acids is 1. The summed E-state index contributed by atoms with van der Waals surface area (Å²) in [5.74, 6) is -0.247. The molecule has 0 saturated heterocycles. The van der Waals surface area contributed by atoms with Crippen LogP contribution >= 0.6 is 11.3 Å². The number of anilines is 2. The molecule has 29 heavy (non-hydrogen) atoms. The van der Waals surface area contributed by atoms with E-state index in [1.807, 2.05) is 43.2 Å². The van der Waals surface area contributed by atoms with Gasteiger partial charge in [0.1, 0.15) is 4.83 Å². The molecule has 0 saturated carbocycles. The molecule has 5 aromatic rings. The zero-order valence-corrected chi connectivity index (χ0v) is 16.6. The predicted molar refractivity (Wildman–Crippen MR) is 114 cm³/mol. The number of nitrogens with one attached hydrogen (secondary N) is 1. The number of benzene rings is 1.